The van der Waals surface area contributed by atoms with Gasteiger partial charge in [-0.15, -0.1) is 0 Å². The van der Waals surface area contributed by atoms with E-state index >= 15 is 0 Å². The summed E-state index contributed by atoms with van der Waals surface area (Å²) < 4.78 is 9.88. The van der Waals surface area contributed by atoms with Gasteiger partial charge in [-0.2, -0.15) is 0 Å². The lowest BCUT2D eigenvalue weighted by Crippen LogP contribution is -2.00. The highest BCUT2D eigenvalue weighted by Gasteiger charge is 2.32. The maximum atomic E-state index is 11.2. The number of carbonyl (C=O) groups is 1. The van der Waals surface area contributed by atoms with Crippen LogP contribution < -0.4 is 0 Å². The summed E-state index contributed by atoms with van der Waals surface area (Å²) in [5.74, 6) is -0.385. The molecule has 0 radical (unpaired) electrons. The lowest BCUT2D eigenvalue weighted by Gasteiger charge is -2.08. The Bertz CT molecular complexity index is 362. The summed E-state index contributed by atoms with van der Waals surface area (Å²) in [6.07, 6.45) is -0.656. The van der Waals surface area contributed by atoms with E-state index in [1.807, 2.05) is 0 Å². The van der Waals surface area contributed by atoms with Crippen LogP contribution in [0.15, 0.2) is 18.2 Å². The first-order valence-electron chi connectivity index (χ1n) is 3.76. The van der Waals surface area contributed by atoms with Crippen molar-refractivity contribution in [3.63, 3.8) is 0 Å². The monoisotopic (exact) mass is 198 g/mol. The SMILES string of the molecule is COC1OC(=O)c2cccc(Cl)c21. The minimum atomic E-state index is -0.656. The van der Waals surface area contributed by atoms with Crippen molar-refractivity contribution in [2.45, 2.75) is 6.29 Å². The third-order valence-electron chi connectivity index (χ3n) is 1.94. The molecule has 0 aliphatic carbocycles. The average molecular weight is 199 g/mol. The average Bonchev–Trinajstić information content (AvgIpc) is 2.45. The molecule has 68 valence electrons. The molecule has 1 aromatic carbocycles. The van der Waals surface area contributed by atoms with Crippen LogP contribution in [0.1, 0.15) is 22.2 Å². The molecule has 2 rings (SSSR count). The van der Waals surface area contributed by atoms with Crippen LogP contribution >= 0.6 is 11.6 Å². The van der Waals surface area contributed by atoms with Gasteiger partial charge >= 0.3 is 5.97 Å². The van der Waals surface area contributed by atoms with E-state index in [9.17, 15) is 4.79 Å². The van der Waals surface area contributed by atoms with Crippen LogP contribution in [0, 0.1) is 0 Å². The number of rotatable bonds is 1. The van der Waals surface area contributed by atoms with Gasteiger partial charge in [0.1, 0.15) is 0 Å². The summed E-state index contributed by atoms with van der Waals surface area (Å²) in [6, 6.07) is 5.08. The van der Waals surface area contributed by atoms with Crippen molar-refractivity contribution in [3.05, 3.63) is 34.3 Å². The predicted octanol–water partition coefficient (Wildman–Crippen LogP) is 2.16. The van der Waals surface area contributed by atoms with Gasteiger partial charge in [0.15, 0.2) is 0 Å². The molecule has 1 heterocycles. The Kier molecular flexibility index (Phi) is 1.98. The summed E-state index contributed by atoms with van der Waals surface area (Å²) in [5.41, 5.74) is 1.11. The molecule has 0 saturated carbocycles. The van der Waals surface area contributed by atoms with Crippen LogP contribution in [-0.4, -0.2) is 13.1 Å². The molecule has 1 atom stereocenters. The zero-order valence-electron chi connectivity index (χ0n) is 6.91. The summed E-state index contributed by atoms with van der Waals surface area (Å²) in [4.78, 5) is 11.2. The third kappa shape index (κ3) is 1.20. The molecular formula is C9H7ClO3. The Balaban J connectivity index is 2.58. The number of benzene rings is 1. The molecule has 4 heteroatoms. The molecule has 13 heavy (non-hydrogen) atoms. The van der Waals surface area contributed by atoms with Crippen molar-refractivity contribution in [2.24, 2.45) is 0 Å². The number of hydrogen-bond donors (Lipinski definition) is 0. The van der Waals surface area contributed by atoms with Crippen molar-refractivity contribution in [2.75, 3.05) is 7.11 Å². The summed E-state index contributed by atoms with van der Waals surface area (Å²) in [7, 11) is 1.47. The Morgan fingerprint density at radius 3 is 3.00 bits per heavy atom. The maximum absolute atomic E-state index is 11.2. The van der Waals surface area contributed by atoms with Crippen molar-refractivity contribution < 1.29 is 14.3 Å². The summed E-state index contributed by atoms with van der Waals surface area (Å²) in [5, 5.41) is 0.496. The van der Waals surface area contributed by atoms with E-state index in [4.69, 9.17) is 21.1 Å². The highest BCUT2D eigenvalue weighted by molar-refractivity contribution is 6.32. The normalized spacial score (nSPS) is 19.8. The lowest BCUT2D eigenvalue weighted by molar-refractivity contribution is -0.0815. The molecule has 3 nitrogen and oxygen atoms in total. The Morgan fingerprint density at radius 1 is 1.54 bits per heavy atom. The smallest absolute Gasteiger partial charge is 0.341 e. The first-order chi connectivity index (χ1) is 6.24. The first-order valence-corrected chi connectivity index (χ1v) is 4.14. The van der Waals surface area contributed by atoms with E-state index in [1.54, 1.807) is 18.2 Å². The highest BCUT2D eigenvalue weighted by atomic mass is 35.5. The molecule has 0 spiro atoms. The number of ether oxygens (including phenoxy) is 2. The molecule has 0 amide bonds. The predicted molar refractivity (Wildman–Crippen MR) is 46.6 cm³/mol. The van der Waals surface area contributed by atoms with Crippen LogP contribution in [0.5, 0.6) is 0 Å². The zero-order valence-corrected chi connectivity index (χ0v) is 7.67. The number of cyclic esters (lactones) is 1. The Morgan fingerprint density at radius 2 is 2.31 bits per heavy atom. The van der Waals surface area contributed by atoms with Crippen LogP contribution in [0.3, 0.4) is 0 Å². The molecule has 0 fully saturated rings. The van der Waals surface area contributed by atoms with Crippen molar-refractivity contribution in [3.8, 4) is 0 Å². The topological polar surface area (TPSA) is 35.5 Å². The van der Waals surface area contributed by atoms with Gasteiger partial charge in [-0.05, 0) is 12.1 Å². The molecule has 0 aromatic heterocycles. The van der Waals surface area contributed by atoms with Gasteiger partial charge in [0.25, 0.3) is 0 Å². The van der Waals surface area contributed by atoms with Gasteiger partial charge in [0.2, 0.25) is 6.29 Å². The van der Waals surface area contributed by atoms with Crippen LogP contribution in [0.25, 0.3) is 0 Å². The minimum absolute atomic E-state index is 0.385. The molecular weight excluding hydrogens is 192 g/mol. The van der Waals surface area contributed by atoms with E-state index in [1.165, 1.54) is 7.11 Å². The lowest BCUT2D eigenvalue weighted by atomic mass is 10.1. The van der Waals surface area contributed by atoms with E-state index in [0.29, 0.717) is 16.1 Å². The van der Waals surface area contributed by atoms with Crippen molar-refractivity contribution >= 4 is 17.6 Å². The van der Waals surface area contributed by atoms with Crippen molar-refractivity contribution in [1.82, 2.24) is 0 Å². The van der Waals surface area contributed by atoms with Crippen LogP contribution in [0.4, 0.5) is 0 Å². The fourth-order valence-electron chi connectivity index (χ4n) is 1.34. The van der Waals surface area contributed by atoms with Gasteiger partial charge < -0.3 is 9.47 Å². The summed E-state index contributed by atoms with van der Waals surface area (Å²) >= 11 is 5.90. The fourth-order valence-corrected chi connectivity index (χ4v) is 1.60. The van der Waals surface area contributed by atoms with Gasteiger partial charge in [-0.25, -0.2) is 4.79 Å². The second-order valence-corrected chi connectivity index (χ2v) is 3.08. The molecule has 1 aliphatic heterocycles. The van der Waals surface area contributed by atoms with Gasteiger partial charge in [-0.1, -0.05) is 17.7 Å². The number of hydrogen-bond acceptors (Lipinski definition) is 3. The number of fused-ring (bicyclic) bond motifs is 1. The Labute approximate surface area is 80.2 Å². The van der Waals surface area contributed by atoms with Gasteiger partial charge in [0.05, 0.1) is 16.1 Å². The van der Waals surface area contributed by atoms with E-state index in [0.717, 1.165) is 0 Å². The second-order valence-electron chi connectivity index (χ2n) is 2.67. The molecule has 1 aliphatic rings. The number of methoxy groups -OCH3 is 1. The standard InChI is InChI=1S/C9H7ClO3/c1-12-9-7-5(8(11)13-9)3-2-4-6(7)10/h2-4,9H,1H3. The number of esters is 1. The second kappa shape index (κ2) is 3.01. The zero-order chi connectivity index (χ0) is 9.42. The maximum Gasteiger partial charge on any atom is 0.341 e. The van der Waals surface area contributed by atoms with Crippen LogP contribution in [-0.2, 0) is 9.47 Å². The molecule has 1 unspecified atom stereocenters. The molecule has 0 saturated heterocycles. The Hall–Kier alpha value is -1.06. The molecule has 1 aromatic rings. The minimum Gasteiger partial charge on any atom is -0.428 e. The number of halogens is 1. The fraction of sp³-hybridized carbons (Fsp3) is 0.222. The largest absolute Gasteiger partial charge is 0.428 e. The first kappa shape index (κ1) is 8.53. The highest BCUT2D eigenvalue weighted by Crippen LogP contribution is 2.35. The van der Waals surface area contributed by atoms with E-state index in [-0.39, 0.29) is 5.97 Å². The van der Waals surface area contributed by atoms with Crippen LogP contribution in [0.2, 0.25) is 5.02 Å². The summed E-state index contributed by atoms with van der Waals surface area (Å²) in [6.45, 7) is 0. The van der Waals surface area contributed by atoms with E-state index < -0.39 is 6.29 Å². The quantitative estimate of drug-likeness (QED) is 0.649. The molecule has 0 N–H and O–H groups in total. The molecule has 0 bridgehead atoms. The number of carbonyl (C=O) groups excluding carboxylic acids is 1. The van der Waals surface area contributed by atoms with Crippen molar-refractivity contribution in [1.29, 1.82) is 0 Å². The third-order valence-corrected chi connectivity index (χ3v) is 2.27. The van der Waals surface area contributed by atoms with E-state index in [2.05, 4.69) is 0 Å². The van der Waals surface area contributed by atoms with Gasteiger partial charge in [0, 0.05) is 7.11 Å². The van der Waals surface area contributed by atoms with Gasteiger partial charge in [-0.3, -0.25) is 0 Å².